The number of azo groups is 2. The van der Waals surface area contributed by atoms with Crippen LogP contribution < -0.4 is 11.5 Å². The molecule has 238 valence electrons. The Kier molecular flexibility index (Phi) is 8.42. The Morgan fingerprint density at radius 2 is 1.07 bits per heavy atom. The molecule has 4 aromatic carbocycles. The van der Waals surface area contributed by atoms with Crippen LogP contribution in [0.5, 0.6) is 5.75 Å². The summed E-state index contributed by atoms with van der Waals surface area (Å²) < 4.78 is 133. The zero-order valence-electron chi connectivity index (χ0n) is 21.8. The zero-order chi connectivity index (χ0) is 33.7. The van der Waals surface area contributed by atoms with Gasteiger partial charge in [-0.3, -0.25) is 18.2 Å². The van der Waals surface area contributed by atoms with E-state index >= 15 is 0 Å². The van der Waals surface area contributed by atoms with Crippen molar-refractivity contribution < 1.29 is 57.0 Å². The number of rotatable bonds is 8. The number of hydrogen-bond acceptors (Lipinski definition) is 15. The Labute approximate surface area is 253 Å². The topological polar surface area (TPSA) is 339 Å². The van der Waals surface area contributed by atoms with Crippen LogP contribution >= 0.6 is 0 Å². The molecule has 0 bridgehead atoms. The fourth-order valence-corrected chi connectivity index (χ4v) is 6.29. The van der Waals surface area contributed by atoms with Crippen molar-refractivity contribution in [2.75, 3.05) is 11.5 Å². The number of fused-ring (bicyclic) bond motifs is 1. The number of hydrogen-bond donors (Lipinski definition) is 7. The predicted octanol–water partition coefficient (Wildman–Crippen LogP) is 3.53. The molecule has 0 radical (unpaired) electrons. The van der Waals surface area contributed by atoms with E-state index in [2.05, 4.69) is 20.5 Å². The average molecular weight is 703 g/mol. The van der Waals surface area contributed by atoms with E-state index in [1.807, 2.05) is 0 Å². The first-order chi connectivity index (χ1) is 20.6. The molecule has 0 heterocycles. The van der Waals surface area contributed by atoms with Crippen molar-refractivity contribution in [2.24, 2.45) is 20.5 Å². The van der Waals surface area contributed by atoms with Crippen LogP contribution in [0.2, 0.25) is 0 Å². The van der Waals surface area contributed by atoms with Crippen molar-refractivity contribution in [3.63, 3.8) is 0 Å². The van der Waals surface area contributed by atoms with Crippen LogP contribution in [0, 0.1) is 0 Å². The van der Waals surface area contributed by atoms with Gasteiger partial charge in [0.2, 0.25) is 0 Å². The molecule has 23 heteroatoms. The standard InChI is InChI=1S/C22H18N6O13S4/c23-11-1-6-14(15(9-11)43(33,34)35)26-27-20-16(44(36,37)38)7-10-8-17(45(39,40)41)21(22(29)18(10)19(20)24)28-25-12-2-4-13(5-3-12)42(30,31)32/h1-9,29H,23-24H2,(H,30,31,32)(H,33,34,35)(H,36,37,38)(H,39,40,41). The number of nitrogens with zero attached hydrogens (tertiary/aromatic N) is 4. The quantitative estimate of drug-likeness (QED) is 0.0784. The van der Waals surface area contributed by atoms with E-state index in [1.54, 1.807) is 0 Å². The molecule has 45 heavy (non-hydrogen) atoms. The fourth-order valence-electron chi connectivity index (χ4n) is 3.82. The van der Waals surface area contributed by atoms with Crippen LogP contribution in [0.4, 0.5) is 34.1 Å². The summed E-state index contributed by atoms with van der Waals surface area (Å²) >= 11 is 0. The molecule has 0 spiro atoms. The lowest BCUT2D eigenvalue weighted by molar-refractivity contribution is 0.472. The second-order valence-electron chi connectivity index (χ2n) is 8.83. The van der Waals surface area contributed by atoms with Crippen molar-refractivity contribution in [3.05, 3.63) is 54.6 Å². The lowest BCUT2D eigenvalue weighted by Crippen LogP contribution is -2.04. The van der Waals surface area contributed by atoms with Crippen LogP contribution in [0.15, 0.2) is 94.6 Å². The zero-order valence-corrected chi connectivity index (χ0v) is 25.0. The summed E-state index contributed by atoms with van der Waals surface area (Å²) in [6, 6.07) is 8.13. The summed E-state index contributed by atoms with van der Waals surface area (Å²) in [5, 5.41) is 24.5. The maximum atomic E-state index is 12.2. The molecule has 0 unspecified atom stereocenters. The lowest BCUT2D eigenvalue weighted by Gasteiger charge is -2.14. The van der Waals surface area contributed by atoms with E-state index < -0.39 is 99.3 Å². The van der Waals surface area contributed by atoms with Gasteiger partial charge in [0.05, 0.1) is 21.7 Å². The van der Waals surface area contributed by atoms with Gasteiger partial charge in [-0.1, -0.05) is 0 Å². The lowest BCUT2D eigenvalue weighted by atomic mass is 10.1. The number of phenols is 1. The molecule has 0 aromatic heterocycles. The van der Waals surface area contributed by atoms with Gasteiger partial charge >= 0.3 is 0 Å². The molecule has 0 aliphatic rings. The minimum absolute atomic E-state index is 0.110. The highest BCUT2D eigenvalue weighted by atomic mass is 32.2. The Balaban J connectivity index is 2.01. The number of nitrogen functional groups attached to an aromatic ring is 2. The Morgan fingerprint density at radius 1 is 0.556 bits per heavy atom. The van der Waals surface area contributed by atoms with Gasteiger partial charge in [0.1, 0.15) is 31.7 Å². The molecular formula is C22H18N6O13S4. The van der Waals surface area contributed by atoms with Gasteiger partial charge in [-0.25, -0.2) is 0 Å². The monoisotopic (exact) mass is 702 g/mol. The van der Waals surface area contributed by atoms with E-state index in [0.717, 1.165) is 42.5 Å². The van der Waals surface area contributed by atoms with E-state index in [-0.39, 0.29) is 11.4 Å². The molecular weight excluding hydrogens is 685 g/mol. The third-order valence-corrected chi connectivity index (χ3v) is 9.27. The van der Waals surface area contributed by atoms with E-state index in [9.17, 15) is 52.4 Å². The first-order valence-electron chi connectivity index (χ1n) is 11.4. The number of anilines is 2. The maximum absolute atomic E-state index is 12.2. The van der Waals surface area contributed by atoms with E-state index in [1.165, 1.54) is 0 Å². The third kappa shape index (κ3) is 7.04. The number of benzene rings is 4. The fraction of sp³-hybridized carbons (Fsp3) is 0. The number of phenolic OH excluding ortho intramolecular Hbond substituents is 1. The van der Waals surface area contributed by atoms with Gasteiger partial charge in [-0.05, 0) is 60.0 Å². The molecule has 0 atom stereocenters. The highest BCUT2D eigenvalue weighted by molar-refractivity contribution is 7.86. The van der Waals surface area contributed by atoms with Crippen molar-refractivity contribution in [2.45, 2.75) is 19.6 Å². The van der Waals surface area contributed by atoms with Crippen LogP contribution in [0.3, 0.4) is 0 Å². The highest BCUT2D eigenvalue weighted by Crippen LogP contribution is 2.48. The van der Waals surface area contributed by atoms with Crippen LogP contribution in [0.25, 0.3) is 10.8 Å². The van der Waals surface area contributed by atoms with Crippen LogP contribution in [-0.2, 0) is 40.5 Å². The second kappa shape index (κ2) is 11.4. The predicted molar refractivity (Wildman–Crippen MR) is 155 cm³/mol. The Bertz CT molecular complexity index is 2390. The normalized spacial score (nSPS) is 13.2. The molecule has 0 saturated heterocycles. The summed E-state index contributed by atoms with van der Waals surface area (Å²) in [6.07, 6.45) is 0. The van der Waals surface area contributed by atoms with Gasteiger partial charge in [0.15, 0.2) is 5.75 Å². The number of nitrogens with two attached hydrogens (primary N) is 2. The molecule has 19 nitrogen and oxygen atoms in total. The van der Waals surface area contributed by atoms with Gasteiger partial charge in [0, 0.05) is 5.69 Å². The molecule has 0 aliphatic heterocycles. The van der Waals surface area contributed by atoms with Crippen molar-refractivity contribution in [1.29, 1.82) is 0 Å². The second-order valence-corrected chi connectivity index (χ2v) is 14.4. The average Bonchev–Trinajstić information content (AvgIpc) is 2.90. The van der Waals surface area contributed by atoms with Crippen molar-refractivity contribution >= 4 is 85.4 Å². The summed E-state index contributed by atoms with van der Waals surface area (Å²) in [6.45, 7) is 0. The van der Waals surface area contributed by atoms with Gasteiger partial charge in [0.25, 0.3) is 40.5 Å². The Hall–Kier alpha value is -4.62. The summed E-state index contributed by atoms with van der Waals surface area (Å²) in [5.74, 6) is -1.11. The van der Waals surface area contributed by atoms with Crippen LogP contribution in [-0.4, -0.2) is 57.0 Å². The largest absolute Gasteiger partial charge is 0.505 e. The van der Waals surface area contributed by atoms with E-state index in [4.69, 9.17) is 16.0 Å². The third-order valence-electron chi connectivity index (χ3n) is 5.79. The van der Waals surface area contributed by atoms with Crippen molar-refractivity contribution in [3.8, 4) is 5.75 Å². The molecule has 0 aliphatic carbocycles. The van der Waals surface area contributed by atoms with Crippen molar-refractivity contribution in [1.82, 2.24) is 0 Å². The number of aromatic hydroxyl groups is 1. The van der Waals surface area contributed by atoms with E-state index in [0.29, 0.717) is 12.1 Å². The minimum Gasteiger partial charge on any atom is -0.505 e. The smallest absolute Gasteiger partial charge is 0.296 e. The molecule has 9 N–H and O–H groups in total. The first kappa shape index (κ1) is 33.3. The first-order valence-corrected chi connectivity index (χ1v) is 17.2. The summed E-state index contributed by atoms with van der Waals surface area (Å²) in [5.41, 5.74) is 8.21. The molecule has 4 rings (SSSR count). The molecule has 0 amide bonds. The summed E-state index contributed by atoms with van der Waals surface area (Å²) in [7, 11) is -20.0. The van der Waals surface area contributed by atoms with Gasteiger partial charge in [-0.15, -0.1) is 15.3 Å². The SMILES string of the molecule is Nc1ccc(N=Nc2c(S(=O)(=O)O)cc3cc(S(=O)(=O)O)c(N=Nc4ccc(S(=O)(=O)O)cc4)c(O)c3c2N)c(S(=O)(=O)O)c1. The Morgan fingerprint density at radius 3 is 1.58 bits per heavy atom. The van der Waals surface area contributed by atoms with Gasteiger partial charge in [-0.2, -0.15) is 38.8 Å². The molecule has 4 aromatic rings. The molecule has 0 fully saturated rings. The van der Waals surface area contributed by atoms with Crippen LogP contribution in [0.1, 0.15) is 0 Å². The summed E-state index contributed by atoms with van der Waals surface area (Å²) in [4.78, 5) is -3.57. The molecule has 0 saturated carbocycles. The highest BCUT2D eigenvalue weighted by Gasteiger charge is 2.28. The van der Waals surface area contributed by atoms with Gasteiger partial charge < -0.3 is 16.6 Å². The maximum Gasteiger partial charge on any atom is 0.296 e. The minimum atomic E-state index is -5.25.